The van der Waals surface area contributed by atoms with Gasteiger partial charge < -0.3 is 0 Å². The predicted molar refractivity (Wildman–Crippen MR) is 84.2 cm³/mol. The smallest absolute Gasteiger partial charge is 0.198 e. The molecule has 1 heteroatoms. The molecule has 0 bridgehead atoms. The maximum absolute atomic E-state index is 2.45. The third-order valence-electron chi connectivity index (χ3n) is 3.60. The van der Waals surface area contributed by atoms with Crippen LogP contribution in [0.15, 0.2) is 18.3 Å². The van der Waals surface area contributed by atoms with E-state index in [1.54, 1.807) is 0 Å². The van der Waals surface area contributed by atoms with Crippen molar-refractivity contribution < 1.29 is 4.57 Å². The van der Waals surface area contributed by atoms with Gasteiger partial charge in [0.1, 0.15) is 6.54 Å². The van der Waals surface area contributed by atoms with Crippen LogP contribution in [0.3, 0.4) is 0 Å². The summed E-state index contributed by atoms with van der Waals surface area (Å²) in [6, 6.07) is 2.30. The molecule has 0 unspecified atom stereocenters. The Bertz CT molecular complexity index is 430. The van der Waals surface area contributed by atoms with Crippen LogP contribution in [0, 0.1) is 13.8 Å². The standard InChI is InChI=1S/C18H30N/c1-6-8-10-11-16(4)18-17(5)13-15(3)14-19(18)12-9-7-2/h11,13-14H,6-10,12H2,1-5H3/q+1/b16-11+. The zero-order chi connectivity index (χ0) is 14.3. The SMILES string of the molecule is CCCC/C=C(\C)c1c(C)cc(C)c[n+]1CCCC. The van der Waals surface area contributed by atoms with E-state index >= 15 is 0 Å². The number of aryl methyl sites for hydroxylation is 3. The van der Waals surface area contributed by atoms with E-state index < -0.39 is 0 Å². The molecule has 1 aromatic rings. The van der Waals surface area contributed by atoms with E-state index in [0.29, 0.717) is 0 Å². The minimum atomic E-state index is 1.13. The number of pyridine rings is 1. The van der Waals surface area contributed by atoms with Gasteiger partial charge >= 0.3 is 0 Å². The fraction of sp³-hybridized carbons (Fsp3) is 0.611. The summed E-state index contributed by atoms with van der Waals surface area (Å²) >= 11 is 0. The van der Waals surface area contributed by atoms with Gasteiger partial charge in [-0.05, 0) is 33.3 Å². The third-order valence-corrected chi connectivity index (χ3v) is 3.60. The molecule has 1 nitrogen and oxygen atoms in total. The van der Waals surface area contributed by atoms with Crippen LogP contribution in [0.4, 0.5) is 0 Å². The highest BCUT2D eigenvalue weighted by molar-refractivity contribution is 5.61. The molecule has 0 amide bonds. The molecule has 0 saturated heterocycles. The first-order valence-electron chi connectivity index (χ1n) is 7.78. The van der Waals surface area contributed by atoms with Crippen molar-refractivity contribution in [3.63, 3.8) is 0 Å². The number of unbranched alkanes of at least 4 members (excludes halogenated alkanes) is 3. The van der Waals surface area contributed by atoms with Crippen LogP contribution in [0.1, 0.15) is 69.7 Å². The number of aromatic nitrogens is 1. The van der Waals surface area contributed by atoms with Crippen LogP contribution in [0.25, 0.3) is 5.57 Å². The van der Waals surface area contributed by atoms with E-state index in [-0.39, 0.29) is 0 Å². The molecule has 0 aromatic carbocycles. The summed E-state index contributed by atoms with van der Waals surface area (Å²) in [6.45, 7) is 12.3. The van der Waals surface area contributed by atoms with Crippen LogP contribution in [0.2, 0.25) is 0 Å². The highest BCUT2D eigenvalue weighted by Gasteiger charge is 2.16. The predicted octanol–water partition coefficient (Wildman–Crippen LogP) is 4.98. The normalized spacial score (nSPS) is 11.9. The average Bonchev–Trinajstić information content (AvgIpc) is 2.35. The van der Waals surface area contributed by atoms with Gasteiger partial charge in [-0.25, -0.2) is 0 Å². The summed E-state index contributed by atoms with van der Waals surface area (Å²) in [5, 5.41) is 0. The highest BCUT2D eigenvalue weighted by atomic mass is 15.0. The van der Waals surface area contributed by atoms with Gasteiger partial charge in [0.25, 0.3) is 0 Å². The van der Waals surface area contributed by atoms with Crippen LogP contribution in [-0.2, 0) is 6.54 Å². The lowest BCUT2D eigenvalue weighted by Crippen LogP contribution is -2.39. The number of allylic oxidation sites excluding steroid dienone is 2. The molecule has 0 aliphatic rings. The Morgan fingerprint density at radius 1 is 1.16 bits per heavy atom. The first-order chi connectivity index (χ1) is 9.10. The van der Waals surface area contributed by atoms with Gasteiger partial charge in [-0.1, -0.05) is 39.2 Å². The fourth-order valence-corrected chi connectivity index (χ4v) is 2.65. The zero-order valence-corrected chi connectivity index (χ0v) is 13.4. The highest BCUT2D eigenvalue weighted by Crippen LogP contribution is 2.17. The summed E-state index contributed by atoms with van der Waals surface area (Å²) in [5.41, 5.74) is 5.62. The van der Waals surface area contributed by atoms with Crippen LogP contribution in [0.5, 0.6) is 0 Å². The third kappa shape index (κ3) is 4.81. The molecule has 106 valence electrons. The van der Waals surface area contributed by atoms with E-state index in [2.05, 4.69) is 57.5 Å². The van der Waals surface area contributed by atoms with Crippen LogP contribution < -0.4 is 4.57 Å². The van der Waals surface area contributed by atoms with E-state index in [9.17, 15) is 0 Å². The molecule has 0 aliphatic carbocycles. The number of hydrogen-bond acceptors (Lipinski definition) is 0. The molecule has 0 saturated carbocycles. The van der Waals surface area contributed by atoms with Gasteiger partial charge in [0.15, 0.2) is 6.20 Å². The van der Waals surface area contributed by atoms with E-state index in [4.69, 9.17) is 0 Å². The molecule has 0 aliphatic heterocycles. The van der Waals surface area contributed by atoms with Gasteiger partial charge in [-0.15, -0.1) is 0 Å². The number of nitrogens with zero attached hydrogens (tertiary/aromatic N) is 1. The first-order valence-corrected chi connectivity index (χ1v) is 7.78. The van der Waals surface area contributed by atoms with E-state index in [1.807, 2.05) is 0 Å². The quantitative estimate of drug-likeness (QED) is 0.480. The van der Waals surface area contributed by atoms with Crippen molar-refractivity contribution in [2.75, 3.05) is 0 Å². The van der Waals surface area contributed by atoms with Crippen LogP contribution in [-0.4, -0.2) is 0 Å². The van der Waals surface area contributed by atoms with Gasteiger partial charge in [0.2, 0.25) is 5.69 Å². The van der Waals surface area contributed by atoms with Crippen molar-refractivity contribution in [3.8, 4) is 0 Å². The Kier molecular flexibility index (Phi) is 6.83. The van der Waals surface area contributed by atoms with E-state index in [0.717, 1.165) is 6.54 Å². The molecule has 1 rings (SSSR count). The molecule has 19 heavy (non-hydrogen) atoms. The van der Waals surface area contributed by atoms with Gasteiger partial charge in [0.05, 0.1) is 0 Å². The second-order valence-corrected chi connectivity index (χ2v) is 5.63. The Morgan fingerprint density at radius 3 is 2.47 bits per heavy atom. The molecule has 0 fully saturated rings. The lowest BCUT2D eigenvalue weighted by atomic mass is 10.0. The molecule has 0 atom stereocenters. The monoisotopic (exact) mass is 260 g/mol. The molecule has 1 aromatic heterocycles. The van der Waals surface area contributed by atoms with Gasteiger partial charge in [-0.2, -0.15) is 4.57 Å². The van der Waals surface area contributed by atoms with Crippen molar-refractivity contribution in [1.29, 1.82) is 0 Å². The first kappa shape index (κ1) is 15.9. The second kappa shape index (κ2) is 8.14. The maximum Gasteiger partial charge on any atom is 0.210 e. The number of hydrogen-bond donors (Lipinski definition) is 0. The molecule has 0 N–H and O–H groups in total. The topological polar surface area (TPSA) is 3.88 Å². The van der Waals surface area contributed by atoms with Crippen molar-refractivity contribution >= 4 is 5.57 Å². The largest absolute Gasteiger partial charge is 0.210 e. The lowest BCUT2D eigenvalue weighted by molar-refractivity contribution is -0.700. The molecule has 1 heterocycles. The Balaban J connectivity index is 3.05. The average molecular weight is 260 g/mol. The molecule has 0 radical (unpaired) electrons. The molecular formula is C18H30N+. The Labute approximate surface area is 119 Å². The van der Waals surface area contributed by atoms with Crippen molar-refractivity contribution in [1.82, 2.24) is 0 Å². The summed E-state index contributed by atoms with van der Waals surface area (Å²) < 4.78 is 2.45. The fourth-order valence-electron chi connectivity index (χ4n) is 2.65. The zero-order valence-electron chi connectivity index (χ0n) is 13.4. The van der Waals surface area contributed by atoms with Crippen LogP contribution >= 0.6 is 0 Å². The van der Waals surface area contributed by atoms with Crippen molar-refractivity contribution in [3.05, 3.63) is 35.2 Å². The van der Waals surface area contributed by atoms with Crippen molar-refractivity contribution in [2.45, 2.75) is 73.3 Å². The summed E-state index contributed by atoms with van der Waals surface area (Å²) in [6.07, 6.45) is 11.0. The Hall–Kier alpha value is -1.11. The van der Waals surface area contributed by atoms with Crippen molar-refractivity contribution in [2.24, 2.45) is 0 Å². The minimum Gasteiger partial charge on any atom is -0.198 e. The number of rotatable bonds is 7. The van der Waals surface area contributed by atoms with E-state index in [1.165, 1.54) is 54.5 Å². The van der Waals surface area contributed by atoms with Gasteiger partial charge in [-0.3, -0.25) is 0 Å². The minimum absolute atomic E-state index is 1.13. The summed E-state index contributed by atoms with van der Waals surface area (Å²) in [7, 11) is 0. The summed E-state index contributed by atoms with van der Waals surface area (Å²) in [5.74, 6) is 0. The summed E-state index contributed by atoms with van der Waals surface area (Å²) in [4.78, 5) is 0. The Morgan fingerprint density at radius 2 is 1.84 bits per heavy atom. The molecule has 0 spiro atoms. The lowest BCUT2D eigenvalue weighted by Gasteiger charge is -2.09. The molecular weight excluding hydrogens is 230 g/mol. The second-order valence-electron chi connectivity index (χ2n) is 5.63. The van der Waals surface area contributed by atoms with Gasteiger partial charge in [0, 0.05) is 23.1 Å². The maximum atomic E-state index is 2.45.